The van der Waals surface area contributed by atoms with E-state index in [9.17, 15) is 0 Å². The summed E-state index contributed by atoms with van der Waals surface area (Å²) in [6.45, 7) is 4.96. The van der Waals surface area contributed by atoms with E-state index in [0.717, 1.165) is 41.9 Å². The predicted octanol–water partition coefficient (Wildman–Crippen LogP) is 2.88. The van der Waals surface area contributed by atoms with E-state index in [-0.39, 0.29) is 12.1 Å². The molecule has 1 aliphatic heterocycles. The van der Waals surface area contributed by atoms with Gasteiger partial charge in [-0.2, -0.15) is 0 Å². The molecule has 1 aliphatic rings. The monoisotopic (exact) mass is 249 g/mol. The average molecular weight is 249 g/mol. The second-order valence-corrected chi connectivity index (χ2v) is 5.12. The van der Waals surface area contributed by atoms with Crippen molar-refractivity contribution in [2.75, 3.05) is 13.7 Å². The molecule has 2 N–H and O–H groups in total. The third-order valence-corrected chi connectivity index (χ3v) is 3.69. The zero-order valence-electron chi connectivity index (χ0n) is 11.5. The minimum absolute atomic E-state index is 0.0337. The highest BCUT2D eigenvalue weighted by atomic mass is 16.5. The number of aryl methyl sites for hydroxylation is 2. The third-order valence-electron chi connectivity index (χ3n) is 3.69. The van der Waals surface area contributed by atoms with Crippen LogP contribution in [-0.4, -0.2) is 19.8 Å². The number of methoxy groups -OCH3 is 1. The van der Waals surface area contributed by atoms with Gasteiger partial charge in [0, 0.05) is 6.61 Å². The predicted molar refractivity (Wildman–Crippen MR) is 73.0 cm³/mol. The van der Waals surface area contributed by atoms with Crippen molar-refractivity contribution in [3.63, 3.8) is 0 Å². The Hall–Kier alpha value is -1.06. The van der Waals surface area contributed by atoms with Crippen molar-refractivity contribution >= 4 is 0 Å². The highest BCUT2D eigenvalue weighted by Crippen LogP contribution is 2.30. The maximum absolute atomic E-state index is 6.33. The summed E-state index contributed by atoms with van der Waals surface area (Å²) >= 11 is 0. The average Bonchev–Trinajstić information content (AvgIpc) is 2.38. The van der Waals surface area contributed by atoms with Crippen molar-refractivity contribution in [2.45, 2.75) is 45.3 Å². The molecule has 18 heavy (non-hydrogen) atoms. The fourth-order valence-electron chi connectivity index (χ4n) is 2.76. The Balaban J connectivity index is 2.22. The first-order valence-corrected chi connectivity index (χ1v) is 6.66. The lowest BCUT2D eigenvalue weighted by Crippen LogP contribution is -2.32. The SMILES string of the molecule is COc1c(C)cc(C(N)C2CCCCO2)cc1C. The maximum Gasteiger partial charge on any atom is 0.124 e. The van der Waals surface area contributed by atoms with Gasteiger partial charge < -0.3 is 15.2 Å². The van der Waals surface area contributed by atoms with Crippen LogP contribution in [-0.2, 0) is 4.74 Å². The fraction of sp³-hybridized carbons (Fsp3) is 0.600. The van der Waals surface area contributed by atoms with Gasteiger partial charge in [0.25, 0.3) is 0 Å². The number of rotatable bonds is 3. The molecule has 100 valence electrons. The Morgan fingerprint density at radius 3 is 2.44 bits per heavy atom. The van der Waals surface area contributed by atoms with Crippen LogP contribution >= 0.6 is 0 Å². The van der Waals surface area contributed by atoms with Crippen LogP contribution in [0.15, 0.2) is 12.1 Å². The number of hydrogen-bond acceptors (Lipinski definition) is 3. The molecule has 2 unspecified atom stereocenters. The fourth-order valence-corrected chi connectivity index (χ4v) is 2.76. The first-order chi connectivity index (χ1) is 8.63. The lowest BCUT2D eigenvalue weighted by atomic mass is 9.94. The van der Waals surface area contributed by atoms with Gasteiger partial charge >= 0.3 is 0 Å². The van der Waals surface area contributed by atoms with Crippen molar-refractivity contribution < 1.29 is 9.47 Å². The molecule has 2 atom stereocenters. The van der Waals surface area contributed by atoms with Gasteiger partial charge in [0.2, 0.25) is 0 Å². The molecule has 0 radical (unpaired) electrons. The van der Waals surface area contributed by atoms with Crippen molar-refractivity contribution in [3.8, 4) is 5.75 Å². The Kier molecular flexibility index (Phi) is 4.25. The lowest BCUT2D eigenvalue weighted by Gasteiger charge is -2.28. The van der Waals surface area contributed by atoms with Crippen LogP contribution in [0.25, 0.3) is 0 Å². The first-order valence-electron chi connectivity index (χ1n) is 6.66. The van der Waals surface area contributed by atoms with E-state index >= 15 is 0 Å². The molecule has 0 aromatic heterocycles. The van der Waals surface area contributed by atoms with Crippen LogP contribution in [0.1, 0.15) is 42.0 Å². The quantitative estimate of drug-likeness (QED) is 0.896. The largest absolute Gasteiger partial charge is 0.496 e. The highest BCUT2D eigenvalue weighted by Gasteiger charge is 2.23. The molecule has 2 rings (SSSR count). The topological polar surface area (TPSA) is 44.5 Å². The number of benzene rings is 1. The summed E-state index contributed by atoms with van der Waals surface area (Å²) in [5.74, 6) is 0.954. The van der Waals surface area contributed by atoms with E-state index < -0.39 is 0 Å². The second-order valence-electron chi connectivity index (χ2n) is 5.12. The number of ether oxygens (including phenoxy) is 2. The molecule has 0 spiro atoms. The summed E-state index contributed by atoms with van der Waals surface area (Å²) in [6, 6.07) is 4.21. The van der Waals surface area contributed by atoms with Crippen LogP contribution in [0, 0.1) is 13.8 Å². The van der Waals surface area contributed by atoms with Crippen molar-refractivity contribution in [1.82, 2.24) is 0 Å². The summed E-state index contributed by atoms with van der Waals surface area (Å²) in [6.07, 6.45) is 3.59. The van der Waals surface area contributed by atoms with Gasteiger partial charge in [0.1, 0.15) is 5.75 Å². The molecule has 0 bridgehead atoms. The summed E-state index contributed by atoms with van der Waals surface area (Å²) in [5, 5.41) is 0. The minimum atomic E-state index is -0.0337. The Labute approximate surface area is 109 Å². The van der Waals surface area contributed by atoms with Crippen LogP contribution in [0.2, 0.25) is 0 Å². The molecule has 0 saturated carbocycles. The first kappa shape index (κ1) is 13.4. The van der Waals surface area contributed by atoms with E-state index in [1.165, 1.54) is 6.42 Å². The molecule has 1 aromatic rings. The molecule has 1 heterocycles. The van der Waals surface area contributed by atoms with E-state index in [0.29, 0.717) is 0 Å². The van der Waals surface area contributed by atoms with Gasteiger partial charge in [-0.15, -0.1) is 0 Å². The van der Waals surface area contributed by atoms with Gasteiger partial charge in [-0.05, 0) is 49.8 Å². The molecule has 3 heteroatoms. The highest BCUT2D eigenvalue weighted by molar-refractivity contribution is 5.44. The number of nitrogens with two attached hydrogens (primary N) is 1. The van der Waals surface area contributed by atoms with Gasteiger partial charge in [-0.3, -0.25) is 0 Å². The maximum atomic E-state index is 6.33. The molecule has 1 saturated heterocycles. The molecular formula is C15H23NO2. The zero-order chi connectivity index (χ0) is 13.1. The van der Waals surface area contributed by atoms with Gasteiger partial charge in [-0.1, -0.05) is 12.1 Å². The summed E-state index contributed by atoms with van der Waals surface area (Å²) < 4.78 is 11.2. The van der Waals surface area contributed by atoms with Crippen molar-refractivity contribution in [2.24, 2.45) is 5.73 Å². The van der Waals surface area contributed by atoms with E-state index in [1.807, 2.05) is 0 Å². The van der Waals surface area contributed by atoms with Crippen LogP contribution in [0.3, 0.4) is 0 Å². The van der Waals surface area contributed by atoms with E-state index in [4.69, 9.17) is 15.2 Å². The van der Waals surface area contributed by atoms with Crippen LogP contribution < -0.4 is 10.5 Å². The van der Waals surface area contributed by atoms with E-state index in [1.54, 1.807) is 7.11 Å². The Bertz CT molecular complexity index is 388. The molecule has 0 aliphatic carbocycles. The van der Waals surface area contributed by atoms with Crippen molar-refractivity contribution in [1.29, 1.82) is 0 Å². The zero-order valence-corrected chi connectivity index (χ0v) is 11.5. The third kappa shape index (κ3) is 2.68. The normalized spacial score (nSPS) is 21.7. The minimum Gasteiger partial charge on any atom is -0.496 e. The lowest BCUT2D eigenvalue weighted by molar-refractivity contribution is -0.0000101. The standard InChI is InChI=1S/C15H23NO2/c1-10-8-12(9-11(2)15(10)17-3)14(16)13-6-4-5-7-18-13/h8-9,13-14H,4-7,16H2,1-3H3. The van der Waals surface area contributed by atoms with Gasteiger partial charge in [-0.25, -0.2) is 0 Å². The Morgan fingerprint density at radius 2 is 1.94 bits per heavy atom. The Morgan fingerprint density at radius 1 is 1.28 bits per heavy atom. The molecular weight excluding hydrogens is 226 g/mol. The summed E-state index contributed by atoms with van der Waals surface area (Å²) in [4.78, 5) is 0. The molecule has 1 aromatic carbocycles. The van der Waals surface area contributed by atoms with Gasteiger partial charge in [0.15, 0.2) is 0 Å². The second kappa shape index (κ2) is 5.72. The van der Waals surface area contributed by atoms with Gasteiger partial charge in [0.05, 0.1) is 19.3 Å². The molecule has 1 fully saturated rings. The smallest absolute Gasteiger partial charge is 0.124 e. The van der Waals surface area contributed by atoms with Crippen LogP contribution in [0.5, 0.6) is 5.75 Å². The molecule has 0 amide bonds. The van der Waals surface area contributed by atoms with Crippen LogP contribution in [0.4, 0.5) is 0 Å². The summed E-state index contributed by atoms with van der Waals surface area (Å²) in [7, 11) is 1.71. The van der Waals surface area contributed by atoms with Crippen molar-refractivity contribution in [3.05, 3.63) is 28.8 Å². The summed E-state index contributed by atoms with van der Waals surface area (Å²) in [5.41, 5.74) is 9.76. The molecule has 3 nitrogen and oxygen atoms in total. The number of hydrogen-bond donors (Lipinski definition) is 1. The van der Waals surface area contributed by atoms with E-state index in [2.05, 4.69) is 26.0 Å².